The van der Waals surface area contributed by atoms with Crippen molar-refractivity contribution >= 4 is 62.2 Å². The number of ether oxygens (including phenoxy) is 1. The molecule has 10 heteroatoms. The number of piperidine rings is 1. The predicted molar refractivity (Wildman–Crippen MR) is 142 cm³/mol. The fourth-order valence-electron chi connectivity index (χ4n) is 4.57. The number of carbonyl (C=O) groups excluding carboxylic acids is 2. The van der Waals surface area contributed by atoms with Gasteiger partial charge in [-0.25, -0.2) is 9.78 Å². The van der Waals surface area contributed by atoms with E-state index in [-0.39, 0.29) is 11.9 Å². The molecule has 1 atom stereocenters. The fourth-order valence-corrected chi connectivity index (χ4v) is 5.84. The van der Waals surface area contributed by atoms with Crippen molar-refractivity contribution < 1.29 is 14.3 Å². The minimum absolute atomic E-state index is 0.0577. The third-order valence-corrected chi connectivity index (χ3v) is 7.62. The topological polar surface area (TPSA) is 95.6 Å². The van der Waals surface area contributed by atoms with E-state index in [0.717, 1.165) is 31.3 Å². The number of urea groups is 1. The molecule has 0 spiro atoms. The second-order valence-corrected chi connectivity index (χ2v) is 10.0. The standard InChI is InChI=1S/C26H22ClN5O3S/c27-18-13-17(35-16-6-2-1-3-7-16)8-9-19(18)32-20-10-12-29-25-21(20)22(31-26(32)34)23(36-25)24(33)30-15-5-4-11-28-14-15/h1-3,6-10,12-13,15,28H,4-5,11,14H2,(H,30,33)(H,31,34)/t15-/m1/s1. The Morgan fingerprint density at radius 2 is 2.00 bits per heavy atom. The highest BCUT2D eigenvalue weighted by Gasteiger charge is 2.34. The highest BCUT2D eigenvalue weighted by Crippen LogP contribution is 2.47. The third kappa shape index (κ3) is 4.15. The van der Waals surface area contributed by atoms with E-state index in [2.05, 4.69) is 20.9 Å². The van der Waals surface area contributed by atoms with E-state index in [4.69, 9.17) is 16.3 Å². The van der Waals surface area contributed by atoms with Gasteiger partial charge in [0.05, 0.1) is 27.5 Å². The first-order valence-corrected chi connectivity index (χ1v) is 12.8. The van der Waals surface area contributed by atoms with Crippen molar-refractivity contribution in [2.45, 2.75) is 18.9 Å². The highest BCUT2D eigenvalue weighted by atomic mass is 35.5. The number of hydrogen-bond donors (Lipinski definition) is 3. The largest absolute Gasteiger partial charge is 0.457 e. The Morgan fingerprint density at radius 1 is 1.14 bits per heavy atom. The number of nitrogens with zero attached hydrogens (tertiary/aromatic N) is 2. The molecule has 2 aromatic heterocycles. The fraction of sp³-hybridized carbons (Fsp3) is 0.192. The Kier molecular flexibility index (Phi) is 5.96. The van der Waals surface area contributed by atoms with Gasteiger partial charge in [-0.15, -0.1) is 11.3 Å². The Labute approximate surface area is 216 Å². The maximum absolute atomic E-state index is 13.4. The number of hydrogen-bond acceptors (Lipinski definition) is 6. The summed E-state index contributed by atoms with van der Waals surface area (Å²) in [5, 5.41) is 10.4. The Morgan fingerprint density at radius 3 is 2.78 bits per heavy atom. The van der Waals surface area contributed by atoms with Gasteiger partial charge >= 0.3 is 6.03 Å². The number of anilines is 3. The van der Waals surface area contributed by atoms with Gasteiger partial charge in [0.15, 0.2) is 0 Å². The Balaban J connectivity index is 1.34. The van der Waals surface area contributed by atoms with E-state index >= 15 is 0 Å². The van der Waals surface area contributed by atoms with E-state index in [0.29, 0.717) is 43.3 Å². The molecule has 0 saturated carbocycles. The van der Waals surface area contributed by atoms with Gasteiger partial charge in [0, 0.05) is 24.8 Å². The SMILES string of the molecule is O=C(N[C@@H]1CCCNC1)c1sc2nccc3c2c1NC(=O)N3c1ccc(Oc2ccccc2)cc1Cl. The summed E-state index contributed by atoms with van der Waals surface area (Å²) < 4.78 is 5.87. The molecule has 0 radical (unpaired) electrons. The van der Waals surface area contributed by atoms with Crippen LogP contribution in [0.2, 0.25) is 5.02 Å². The van der Waals surface area contributed by atoms with Gasteiger partial charge in [0.25, 0.3) is 5.91 Å². The average molecular weight is 520 g/mol. The number of aromatic nitrogens is 1. The summed E-state index contributed by atoms with van der Waals surface area (Å²) in [6, 6.07) is 16.0. The summed E-state index contributed by atoms with van der Waals surface area (Å²) in [4.78, 5) is 33.6. The molecule has 182 valence electrons. The predicted octanol–water partition coefficient (Wildman–Crippen LogP) is 5.91. The molecule has 36 heavy (non-hydrogen) atoms. The van der Waals surface area contributed by atoms with Crippen LogP contribution in [0.1, 0.15) is 22.5 Å². The molecule has 0 aliphatic carbocycles. The van der Waals surface area contributed by atoms with Crippen molar-refractivity contribution in [2.24, 2.45) is 0 Å². The van der Waals surface area contributed by atoms with Gasteiger partial charge < -0.3 is 20.7 Å². The van der Waals surface area contributed by atoms with Gasteiger partial charge in [0.2, 0.25) is 0 Å². The van der Waals surface area contributed by atoms with Crippen LogP contribution in [-0.4, -0.2) is 36.1 Å². The molecule has 2 aliphatic rings. The Hall–Kier alpha value is -3.66. The number of nitrogens with one attached hydrogen (secondary N) is 3. The minimum atomic E-state index is -0.402. The summed E-state index contributed by atoms with van der Waals surface area (Å²) >= 11 is 7.90. The highest BCUT2D eigenvalue weighted by molar-refractivity contribution is 7.21. The monoisotopic (exact) mass is 519 g/mol. The quantitative estimate of drug-likeness (QED) is 0.305. The molecular weight excluding hydrogens is 498 g/mol. The van der Waals surface area contributed by atoms with Crippen molar-refractivity contribution in [3.05, 3.63) is 70.7 Å². The molecular formula is C26H22ClN5O3S. The van der Waals surface area contributed by atoms with Crippen LogP contribution in [0.4, 0.5) is 21.9 Å². The number of rotatable bonds is 5. The molecule has 0 unspecified atom stereocenters. The number of benzene rings is 2. The molecule has 0 bridgehead atoms. The summed E-state index contributed by atoms with van der Waals surface area (Å²) in [6.07, 6.45) is 3.57. The first-order valence-electron chi connectivity index (χ1n) is 11.6. The molecule has 1 fully saturated rings. The number of pyridine rings is 1. The van der Waals surface area contributed by atoms with Crippen LogP contribution in [0.15, 0.2) is 60.8 Å². The normalized spacial score (nSPS) is 17.1. The molecule has 4 aromatic rings. The molecule has 4 heterocycles. The minimum Gasteiger partial charge on any atom is -0.457 e. The van der Waals surface area contributed by atoms with Gasteiger partial charge in [0.1, 0.15) is 21.2 Å². The number of para-hydroxylation sites is 1. The van der Waals surface area contributed by atoms with Crippen LogP contribution in [0.5, 0.6) is 11.5 Å². The molecule has 2 aromatic carbocycles. The van der Waals surface area contributed by atoms with E-state index in [1.54, 1.807) is 30.5 Å². The zero-order chi connectivity index (χ0) is 24.6. The summed E-state index contributed by atoms with van der Waals surface area (Å²) in [7, 11) is 0. The lowest BCUT2D eigenvalue weighted by atomic mass is 10.1. The number of carbonyl (C=O) groups is 2. The zero-order valence-corrected chi connectivity index (χ0v) is 20.7. The first kappa shape index (κ1) is 22.8. The smallest absolute Gasteiger partial charge is 0.331 e. The summed E-state index contributed by atoms with van der Waals surface area (Å²) in [5.41, 5.74) is 1.60. The van der Waals surface area contributed by atoms with Crippen molar-refractivity contribution in [3.63, 3.8) is 0 Å². The van der Waals surface area contributed by atoms with Gasteiger partial charge in [-0.1, -0.05) is 29.8 Å². The number of thiophene rings is 1. The van der Waals surface area contributed by atoms with Crippen LogP contribution >= 0.6 is 22.9 Å². The van der Waals surface area contributed by atoms with Gasteiger partial charge in [-0.2, -0.15) is 0 Å². The maximum Gasteiger partial charge on any atom is 0.331 e. The van der Waals surface area contributed by atoms with Crippen molar-refractivity contribution in [1.82, 2.24) is 15.6 Å². The van der Waals surface area contributed by atoms with E-state index in [1.165, 1.54) is 16.2 Å². The summed E-state index contributed by atoms with van der Waals surface area (Å²) in [6.45, 7) is 1.69. The van der Waals surface area contributed by atoms with Crippen molar-refractivity contribution in [2.75, 3.05) is 23.3 Å². The lowest BCUT2D eigenvalue weighted by molar-refractivity contribution is 0.0935. The molecule has 8 nitrogen and oxygen atoms in total. The molecule has 1 saturated heterocycles. The molecule has 3 N–H and O–H groups in total. The molecule has 3 amide bonds. The molecule has 2 aliphatic heterocycles. The second kappa shape index (κ2) is 9.42. The van der Waals surface area contributed by atoms with Crippen LogP contribution in [-0.2, 0) is 0 Å². The third-order valence-electron chi connectivity index (χ3n) is 6.22. The van der Waals surface area contributed by atoms with Crippen LogP contribution in [0, 0.1) is 0 Å². The van der Waals surface area contributed by atoms with E-state index < -0.39 is 6.03 Å². The van der Waals surface area contributed by atoms with Crippen molar-refractivity contribution in [1.29, 1.82) is 0 Å². The second-order valence-electron chi connectivity index (χ2n) is 8.63. The van der Waals surface area contributed by atoms with Gasteiger partial charge in [-0.3, -0.25) is 9.69 Å². The van der Waals surface area contributed by atoms with E-state index in [9.17, 15) is 9.59 Å². The van der Waals surface area contributed by atoms with Crippen LogP contribution < -0.4 is 25.6 Å². The number of amides is 3. The van der Waals surface area contributed by atoms with Gasteiger partial charge in [-0.05, 0) is 49.7 Å². The zero-order valence-electron chi connectivity index (χ0n) is 19.1. The molecule has 6 rings (SSSR count). The Bertz CT molecular complexity index is 1470. The van der Waals surface area contributed by atoms with Crippen molar-refractivity contribution in [3.8, 4) is 11.5 Å². The maximum atomic E-state index is 13.4. The van der Waals surface area contributed by atoms with Crippen LogP contribution in [0.25, 0.3) is 10.2 Å². The lowest BCUT2D eigenvalue weighted by Crippen LogP contribution is -2.45. The number of halogens is 1. The van der Waals surface area contributed by atoms with Crippen LogP contribution in [0.3, 0.4) is 0 Å². The lowest BCUT2D eigenvalue weighted by Gasteiger charge is -2.29. The average Bonchev–Trinajstić information content (AvgIpc) is 3.26. The first-order chi connectivity index (χ1) is 17.6. The summed E-state index contributed by atoms with van der Waals surface area (Å²) in [5.74, 6) is 1.03. The van der Waals surface area contributed by atoms with E-state index in [1.807, 2.05) is 30.3 Å².